The average Bonchev–Trinajstić information content (AvgIpc) is 3.14. The van der Waals surface area contributed by atoms with Crippen molar-refractivity contribution in [2.24, 2.45) is 5.92 Å². The number of hydrogen-bond acceptors (Lipinski definition) is 5. The first kappa shape index (κ1) is 12.1. The van der Waals surface area contributed by atoms with Crippen molar-refractivity contribution >= 4 is 11.8 Å². The highest BCUT2D eigenvalue weighted by atomic mass is 16.5. The molecule has 0 atom stereocenters. The minimum absolute atomic E-state index is 0.663. The van der Waals surface area contributed by atoms with Crippen molar-refractivity contribution in [1.29, 1.82) is 0 Å². The molecule has 1 aromatic heterocycles. The quantitative estimate of drug-likeness (QED) is 0.673. The molecule has 1 saturated carbocycles. The Morgan fingerprint density at radius 3 is 3.06 bits per heavy atom. The summed E-state index contributed by atoms with van der Waals surface area (Å²) in [5.74, 6) is 2.33. The van der Waals surface area contributed by atoms with Gasteiger partial charge in [0.15, 0.2) is 0 Å². The molecule has 1 heterocycles. The predicted molar refractivity (Wildman–Crippen MR) is 68.2 cm³/mol. The third-order valence-corrected chi connectivity index (χ3v) is 2.59. The molecule has 17 heavy (non-hydrogen) atoms. The summed E-state index contributed by atoms with van der Waals surface area (Å²) < 4.78 is 5.54. The summed E-state index contributed by atoms with van der Waals surface area (Å²) in [5.41, 5.74) is 0. The molecule has 1 aliphatic carbocycles. The first-order valence-corrected chi connectivity index (χ1v) is 6.27. The van der Waals surface area contributed by atoms with Gasteiger partial charge in [-0.25, -0.2) is 4.98 Å². The van der Waals surface area contributed by atoms with Gasteiger partial charge in [0, 0.05) is 25.9 Å². The molecule has 1 fully saturated rings. The average molecular weight is 236 g/mol. The van der Waals surface area contributed by atoms with Crippen LogP contribution in [0.2, 0.25) is 0 Å². The van der Waals surface area contributed by atoms with Crippen molar-refractivity contribution < 1.29 is 4.74 Å². The predicted octanol–water partition coefficient (Wildman–Crippen LogP) is 1.75. The van der Waals surface area contributed by atoms with Crippen molar-refractivity contribution in [2.45, 2.75) is 19.8 Å². The molecule has 0 unspecified atom stereocenters. The second kappa shape index (κ2) is 6.39. The highest BCUT2D eigenvalue weighted by molar-refractivity contribution is 5.39. The van der Waals surface area contributed by atoms with E-state index >= 15 is 0 Å². The Morgan fingerprint density at radius 2 is 2.29 bits per heavy atom. The van der Waals surface area contributed by atoms with E-state index in [2.05, 4.69) is 20.6 Å². The second-order valence-corrected chi connectivity index (χ2v) is 4.24. The number of nitrogens with one attached hydrogen (secondary N) is 2. The number of anilines is 2. The molecule has 94 valence electrons. The first-order valence-electron chi connectivity index (χ1n) is 6.27. The van der Waals surface area contributed by atoms with E-state index in [1.165, 1.54) is 12.8 Å². The minimum atomic E-state index is 0.663. The largest absolute Gasteiger partial charge is 0.379 e. The monoisotopic (exact) mass is 236 g/mol. The summed E-state index contributed by atoms with van der Waals surface area (Å²) >= 11 is 0. The Balaban J connectivity index is 1.64. The van der Waals surface area contributed by atoms with Crippen LogP contribution in [0.25, 0.3) is 0 Å². The maximum absolute atomic E-state index is 5.54. The van der Waals surface area contributed by atoms with Crippen LogP contribution in [0.15, 0.2) is 12.3 Å². The molecule has 0 spiro atoms. The Hall–Kier alpha value is -1.36. The SMILES string of the molecule is CCNc1nccc(NCCOCC2CC2)n1. The van der Waals surface area contributed by atoms with E-state index in [-0.39, 0.29) is 0 Å². The Bertz CT molecular complexity index is 341. The van der Waals surface area contributed by atoms with Crippen molar-refractivity contribution in [1.82, 2.24) is 9.97 Å². The topological polar surface area (TPSA) is 59.1 Å². The molecule has 5 heteroatoms. The zero-order valence-electron chi connectivity index (χ0n) is 10.3. The van der Waals surface area contributed by atoms with Crippen LogP contribution in [0.3, 0.4) is 0 Å². The van der Waals surface area contributed by atoms with E-state index in [4.69, 9.17) is 4.74 Å². The van der Waals surface area contributed by atoms with Gasteiger partial charge in [-0.2, -0.15) is 4.98 Å². The zero-order valence-corrected chi connectivity index (χ0v) is 10.3. The molecule has 2 rings (SSSR count). The van der Waals surface area contributed by atoms with E-state index in [9.17, 15) is 0 Å². The number of aromatic nitrogens is 2. The lowest BCUT2D eigenvalue weighted by molar-refractivity contribution is 0.134. The highest BCUT2D eigenvalue weighted by Crippen LogP contribution is 2.28. The van der Waals surface area contributed by atoms with Crippen LogP contribution in [-0.2, 0) is 4.74 Å². The van der Waals surface area contributed by atoms with E-state index in [0.29, 0.717) is 5.95 Å². The van der Waals surface area contributed by atoms with Crippen LogP contribution in [0.4, 0.5) is 11.8 Å². The van der Waals surface area contributed by atoms with Crippen LogP contribution >= 0.6 is 0 Å². The van der Waals surface area contributed by atoms with Gasteiger partial charge in [0.2, 0.25) is 5.95 Å². The minimum Gasteiger partial charge on any atom is -0.379 e. The van der Waals surface area contributed by atoms with Gasteiger partial charge in [0.1, 0.15) is 5.82 Å². The van der Waals surface area contributed by atoms with E-state index in [1.54, 1.807) is 6.20 Å². The van der Waals surface area contributed by atoms with E-state index in [0.717, 1.165) is 38.0 Å². The van der Waals surface area contributed by atoms with Gasteiger partial charge >= 0.3 is 0 Å². The number of rotatable bonds is 8. The fourth-order valence-corrected chi connectivity index (χ4v) is 1.49. The Morgan fingerprint density at radius 1 is 1.41 bits per heavy atom. The third kappa shape index (κ3) is 4.56. The molecule has 0 radical (unpaired) electrons. The van der Waals surface area contributed by atoms with Gasteiger partial charge in [-0.1, -0.05) is 0 Å². The Labute approximate surface area is 102 Å². The summed E-state index contributed by atoms with van der Waals surface area (Å²) in [6, 6.07) is 1.86. The highest BCUT2D eigenvalue weighted by Gasteiger charge is 2.20. The van der Waals surface area contributed by atoms with Gasteiger partial charge in [-0.15, -0.1) is 0 Å². The lowest BCUT2D eigenvalue weighted by Gasteiger charge is -2.07. The van der Waals surface area contributed by atoms with Gasteiger partial charge in [0.05, 0.1) is 6.61 Å². The molecule has 0 aliphatic heterocycles. The molecule has 0 amide bonds. The van der Waals surface area contributed by atoms with Crippen LogP contribution in [0, 0.1) is 5.92 Å². The van der Waals surface area contributed by atoms with Crippen molar-refractivity contribution in [3.63, 3.8) is 0 Å². The van der Waals surface area contributed by atoms with Gasteiger partial charge in [0.25, 0.3) is 0 Å². The molecular formula is C12H20N4O. The number of ether oxygens (including phenoxy) is 1. The third-order valence-electron chi connectivity index (χ3n) is 2.59. The lowest BCUT2D eigenvalue weighted by atomic mass is 10.5. The maximum Gasteiger partial charge on any atom is 0.224 e. The van der Waals surface area contributed by atoms with E-state index < -0.39 is 0 Å². The molecule has 1 aromatic rings. The summed E-state index contributed by atoms with van der Waals surface area (Å²) in [5, 5.41) is 6.30. The fourth-order valence-electron chi connectivity index (χ4n) is 1.49. The standard InChI is InChI=1S/C12H20N4O/c1-2-13-12-15-6-5-11(16-12)14-7-8-17-9-10-3-4-10/h5-6,10H,2-4,7-9H2,1H3,(H2,13,14,15,16). The molecule has 5 nitrogen and oxygen atoms in total. The van der Waals surface area contributed by atoms with Crippen LogP contribution in [0.1, 0.15) is 19.8 Å². The number of nitrogens with zero attached hydrogens (tertiary/aromatic N) is 2. The molecular weight excluding hydrogens is 216 g/mol. The molecule has 0 aromatic carbocycles. The summed E-state index contributed by atoms with van der Waals surface area (Å²) in [6.45, 7) is 5.28. The lowest BCUT2D eigenvalue weighted by Crippen LogP contribution is -2.12. The fraction of sp³-hybridized carbons (Fsp3) is 0.667. The maximum atomic E-state index is 5.54. The van der Waals surface area contributed by atoms with Crippen molar-refractivity contribution in [3.05, 3.63) is 12.3 Å². The van der Waals surface area contributed by atoms with Gasteiger partial charge < -0.3 is 15.4 Å². The molecule has 0 bridgehead atoms. The van der Waals surface area contributed by atoms with Crippen molar-refractivity contribution in [3.8, 4) is 0 Å². The summed E-state index contributed by atoms with van der Waals surface area (Å²) in [4.78, 5) is 8.43. The first-order chi connectivity index (χ1) is 8.38. The van der Waals surface area contributed by atoms with Crippen LogP contribution in [0.5, 0.6) is 0 Å². The molecule has 0 saturated heterocycles. The van der Waals surface area contributed by atoms with Gasteiger partial charge in [-0.3, -0.25) is 0 Å². The number of hydrogen-bond donors (Lipinski definition) is 2. The van der Waals surface area contributed by atoms with Gasteiger partial charge in [-0.05, 0) is 31.7 Å². The summed E-state index contributed by atoms with van der Waals surface area (Å²) in [6.07, 6.45) is 4.43. The van der Waals surface area contributed by atoms with E-state index in [1.807, 2.05) is 13.0 Å². The smallest absolute Gasteiger partial charge is 0.224 e. The van der Waals surface area contributed by atoms with Crippen LogP contribution < -0.4 is 10.6 Å². The molecule has 2 N–H and O–H groups in total. The van der Waals surface area contributed by atoms with Crippen molar-refractivity contribution in [2.75, 3.05) is 36.9 Å². The summed E-state index contributed by atoms with van der Waals surface area (Å²) in [7, 11) is 0. The zero-order chi connectivity index (χ0) is 11.9. The Kier molecular flexibility index (Phi) is 4.55. The molecule has 1 aliphatic rings. The van der Waals surface area contributed by atoms with Crippen LogP contribution in [-0.4, -0.2) is 36.3 Å². The normalized spacial score (nSPS) is 14.6. The second-order valence-electron chi connectivity index (χ2n) is 4.24.